The lowest BCUT2D eigenvalue weighted by atomic mass is 10.2. The first kappa shape index (κ1) is 10.5. The van der Waals surface area contributed by atoms with Gasteiger partial charge in [-0.3, -0.25) is 4.79 Å². The van der Waals surface area contributed by atoms with Gasteiger partial charge < -0.3 is 9.73 Å². The van der Waals surface area contributed by atoms with E-state index in [9.17, 15) is 4.79 Å². The number of amides is 1. The summed E-state index contributed by atoms with van der Waals surface area (Å²) in [6, 6.07) is 4.29. The van der Waals surface area contributed by atoms with Crippen molar-refractivity contribution in [2.24, 2.45) is 0 Å². The van der Waals surface area contributed by atoms with Crippen molar-refractivity contribution in [2.45, 2.75) is 25.8 Å². The Morgan fingerprint density at radius 3 is 3.00 bits per heavy atom. The topological polar surface area (TPSA) is 55.1 Å². The van der Waals surface area contributed by atoms with E-state index in [0.29, 0.717) is 17.5 Å². The predicted octanol–water partition coefficient (Wildman–Crippen LogP) is 2.60. The molecular weight excluding hydrogens is 236 g/mol. The van der Waals surface area contributed by atoms with E-state index in [1.54, 1.807) is 11.3 Å². The monoisotopic (exact) mass is 248 g/mol. The fraction of sp³-hybridized carbons (Fsp3) is 0.333. The summed E-state index contributed by atoms with van der Waals surface area (Å²) in [6.45, 7) is 2.02. The summed E-state index contributed by atoms with van der Waals surface area (Å²) in [5.74, 6) is 0.434. The van der Waals surface area contributed by atoms with Crippen LogP contribution < -0.4 is 5.32 Å². The van der Waals surface area contributed by atoms with Gasteiger partial charge in [-0.1, -0.05) is 0 Å². The molecule has 5 heteroatoms. The van der Waals surface area contributed by atoms with Crippen LogP contribution in [0.25, 0.3) is 10.6 Å². The number of nitrogens with zero attached hydrogens (tertiary/aromatic N) is 1. The van der Waals surface area contributed by atoms with Gasteiger partial charge in [0.05, 0.1) is 4.88 Å². The van der Waals surface area contributed by atoms with Crippen molar-refractivity contribution < 1.29 is 9.21 Å². The van der Waals surface area contributed by atoms with Gasteiger partial charge >= 0.3 is 0 Å². The van der Waals surface area contributed by atoms with Crippen LogP contribution >= 0.6 is 11.3 Å². The van der Waals surface area contributed by atoms with Crippen LogP contribution in [0.15, 0.2) is 22.9 Å². The highest BCUT2D eigenvalue weighted by molar-refractivity contribution is 7.15. The van der Waals surface area contributed by atoms with Gasteiger partial charge in [-0.2, -0.15) is 0 Å². The lowest BCUT2D eigenvalue weighted by Gasteiger charge is -2.00. The zero-order valence-corrected chi connectivity index (χ0v) is 10.2. The molecule has 3 rings (SSSR count). The maximum Gasteiger partial charge on any atom is 0.274 e. The maximum absolute atomic E-state index is 11.9. The second-order valence-electron chi connectivity index (χ2n) is 4.19. The standard InChI is InChI=1S/C12H12N2O2S/c1-7-2-5-9(17-7)11-10(13-6-16-11)12(15)14-8-3-4-8/h2,5-6,8H,3-4H2,1H3,(H,14,15). The van der Waals surface area contributed by atoms with Crippen molar-refractivity contribution in [2.75, 3.05) is 0 Å². The Kier molecular flexibility index (Phi) is 2.48. The molecule has 0 atom stereocenters. The Bertz CT molecular complexity index is 554. The molecule has 2 heterocycles. The minimum Gasteiger partial charge on any atom is -0.442 e. The van der Waals surface area contributed by atoms with E-state index in [4.69, 9.17) is 4.42 Å². The number of hydrogen-bond acceptors (Lipinski definition) is 4. The molecule has 2 aromatic rings. The van der Waals surface area contributed by atoms with E-state index >= 15 is 0 Å². The Hall–Kier alpha value is -1.62. The van der Waals surface area contributed by atoms with Gasteiger partial charge in [-0.25, -0.2) is 4.98 Å². The van der Waals surface area contributed by atoms with Gasteiger partial charge in [0.15, 0.2) is 17.8 Å². The van der Waals surface area contributed by atoms with Crippen LogP contribution in [0.3, 0.4) is 0 Å². The quantitative estimate of drug-likeness (QED) is 0.908. The SMILES string of the molecule is Cc1ccc(-c2ocnc2C(=O)NC2CC2)s1. The fourth-order valence-electron chi connectivity index (χ4n) is 1.62. The minimum atomic E-state index is -0.137. The van der Waals surface area contributed by atoms with Crippen molar-refractivity contribution >= 4 is 17.2 Å². The van der Waals surface area contributed by atoms with Gasteiger partial charge in [-0.15, -0.1) is 11.3 Å². The molecule has 1 fully saturated rings. The number of thiophene rings is 1. The molecule has 4 nitrogen and oxygen atoms in total. The molecule has 1 aliphatic carbocycles. The van der Waals surface area contributed by atoms with Crippen LogP contribution in [0.4, 0.5) is 0 Å². The van der Waals surface area contributed by atoms with Crippen LogP contribution in [0.5, 0.6) is 0 Å². The van der Waals surface area contributed by atoms with E-state index in [2.05, 4.69) is 10.3 Å². The molecule has 88 valence electrons. The van der Waals surface area contributed by atoms with E-state index in [-0.39, 0.29) is 5.91 Å². The number of carbonyl (C=O) groups excluding carboxylic acids is 1. The second kappa shape index (κ2) is 4.00. The van der Waals surface area contributed by atoms with Gasteiger partial charge in [0.2, 0.25) is 0 Å². The number of rotatable bonds is 3. The molecule has 0 spiro atoms. The van der Waals surface area contributed by atoms with E-state index in [1.165, 1.54) is 11.3 Å². The van der Waals surface area contributed by atoms with E-state index in [1.807, 2.05) is 19.1 Å². The molecule has 1 aliphatic rings. The van der Waals surface area contributed by atoms with Crippen LogP contribution in [0.2, 0.25) is 0 Å². The minimum absolute atomic E-state index is 0.137. The second-order valence-corrected chi connectivity index (χ2v) is 5.48. The Morgan fingerprint density at radius 1 is 1.53 bits per heavy atom. The van der Waals surface area contributed by atoms with Crippen molar-refractivity contribution in [3.05, 3.63) is 29.1 Å². The zero-order valence-electron chi connectivity index (χ0n) is 9.40. The zero-order chi connectivity index (χ0) is 11.8. The smallest absolute Gasteiger partial charge is 0.274 e. The number of nitrogens with one attached hydrogen (secondary N) is 1. The Morgan fingerprint density at radius 2 is 2.35 bits per heavy atom. The highest BCUT2D eigenvalue weighted by Gasteiger charge is 2.27. The lowest BCUT2D eigenvalue weighted by molar-refractivity contribution is 0.0947. The molecule has 1 saturated carbocycles. The first-order valence-corrected chi connectivity index (χ1v) is 6.37. The Balaban J connectivity index is 1.90. The van der Waals surface area contributed by atoms with E-state index in [0.717, 1.165) is 17.7 Å². The van der Waals surface area contributed by atoms with Gasteiger partial charge in [0.25, 0.3) is 5.91 Å². The summed E-state index contributed by atoms with van der Waals surface area (Å²) < 4.78 is 5.33. The molecule has 0 radical (unpaired) electrons. The van der Waals surface area contributed by atoms with Crippen molar-refractivity contribution in [3.63, 3.8) is 0 Å². The molecule has 17 heavy (non-hydrogen) atoms. The third kappa shape index (κ3) is 2.10. The van der Waals surface area contributed by atoms with E-state index < -0.39 is 0 Å². The molecular formula is C12H12N2O2S. The molecule has 0 aromatic carbocycles. The van der Waals surface area contributed by atoms with Crippen LogP contribution in [0, 0.1) is 6.92 Å². The third-order valence-corrected chi connectivity index (χ3v) is 3.66. The average Bonchev–Trinajstić information content (AvgIpc) is 2.81. The highest BCUT2D eigenvalue weighted by Crippen LogP contribution is 2.30. The van der Waals surface area contributed by atoms with Crippen molar-refractivity contribution in [1.82, 2.24) is 10.3 Å². The summed E-state index contributed by atoms with van der Waals surface area (Å²) >= 11 is 1.60. The molecule has 0 unspecified atom stereocenters. The lowest BCUT2D eigenvalue weighted by Crippen LogP contribution is -2.26. The summed E-state index contributed by atoms with van der Waals surface area (Å²) in [5, 5.41) is 2.92. The average molecular weight is 248 g/mol. The van der Waals surface area contributed by atoms with Crippen LogP contribution in [0.1, 0.15) is 28.2 Å². The molecule has 1 N–H and O–H groups in total. The largest absolute Gasteiger partial charge is 0.442 e. The molecule has 0 saturated heterocycles. The maximum atomic E-state index is 11.9. The normalized spacial score (nSPS) is 14.9. The van der Waals surface area contributed by atoms with Crippen molar-refractivity contribution in [1.29, 1.82) is 0 Å². The first-order valence-electron chi connectivity index (χ1n) is 5.55. The van der Waals surface area contributed by atoms with Gasteiger partial charge in [0, 0.05) is 10.9 Å². The molecule has 1 amide bonds. The number of aromatic nitrogens is 1. The molecule has 0 aliphatic heterocycles. The summed E-state index contributed by atoms with van der Waals surface area (Å²) in [5.41, 5.74) is 0.388. The van der Waals surface area contributed by atoms with Gasteiger partial charge in [-0.05, 0) is 31.9 Å². The summed E-state index contributed by atoms with van der Waals surface area (Å²) in [6.07, 6.45) is 3.46. The Labute approximate surface area is 103 Å². The highest BCUT2D eigenvalue weighted by atomic mass is 32.1. The predicted molar refractivity (Wildman–Crippen MR) is 65.0 cm³/mol. The van der Waals surface area contributed by atoms with Gasteiger partial charge in [0.1, 0.15) is 0 Å². The van der Waals surface area contributed by atoms with Crippen LogP contribution in [-0.2, 0) is 0 Å². The number of carbonyl (C=O) groups is 1. The fourth-order valence-corrected chi connectivity index (χ4v) is 2.48. The van der Waals surface area contributed by atoms with Crippen LogP contribution in [-0.4, -0.2) is 16.9 Å². The summed E-state index contributed by atoms with van der Waals surface area (Å²) in [7, 11) is 0. The number of hydrogen-bond donors (Lipinski definition) is 1. The number of aryl methyl sites for hydroxylation is 1. The summed E-state index contributed by atoms with van der Waals surface area (Å²) in [4.78, 5) is 18.1. The third-order valence-electron chi connectivity index (χ3n) is 2.66. The number of oxazole rings is 1. The molecule has 0 bridgehead atoms. The molecule has 2 aromatic heterocycles. The first-order chi connectivity index (χ1) is 8.24. The van der Waals surface area contributed by atoms with Crippen molar-refractivity contribution in [3.8, 4) is 10.6 Å².